The summed E-state index contributed by atoms with van der Waals surface area (Å²) < 4.78 is 12.5. The highest BCUT2D eigenvalue weighted by Crippen LogP contribution is 2.40. The lowest BCUT2D eigenvalue weighted by Gasteiger charge is -2.16. The lowest BCUT2D eigenvalue weighted by Crippen LogP contribution is -2.26. The first-order valence-electron chi connectivity index (χ1n) is 7.12. The third-order valence-corrected chi connectivity index (χ3v) is 4.96. The first kappa shape index (κ1) is 16.6. The highest BCUT2D eigenvalue weighted by molar-refractivity contribution is 7.16. The Balaban J connectivity index is 2.20. The number of aliphatic hydroxyl groups is 1. The molecular formula is C14H16N4O5S. The van der Waals surface area contributed by atoms with Crippen molar-refractivity contribution in [2.45, 2.75) is 12.3 Å². The van der Waals surface area contributed by atoms with Gasteiger partial charge in [-0.3, -0.25) is 9.36 Å². The van der Waals surface area contributed by atoms with Gasteiger partial charge in [0.25, 0.3) is 0 Å². The standard InChI is InChI=1S/C14H16N4O5S/c1-3-6-7(4-19)12(23-8(6)5-20)18-10-9(24-14(18)21)11(22-2)17-13(15)16-10/h3-4,6-8,12,20H,1,5H2,2H3,(H2,15,16,17)/t6-,7+,8+,12+/m0/s1. The van der Waals surface area contributed by atoms with E-state index in [1.807, 2.05) is 0 Å². The number of aromatic nitrogens is 3. The molecule has 0 aromatic carbocycles. The number of ether oxygens (including phenoxy) is 2. The van der Waals surface area contributed by atoms with Crippen LogP contribution in [0.3, 0.4) is 0 Å². The number of hydrogen-bond donors (Lipinski definition) is 2. The summed E-state index contributed by atoms with van der Waals surface area (Å²) in [5, 5.41) is 9.47. The van der Waals surface area contributed by atoms with Gasteiger partial charge in [0, 0.05) is 5.92 Å². The fourth-order valence-corrected chi connectivity index (χ4v) is 3.85. The lowest BCUT2D eigenvalue weighted by molar-refractivity contribution is -0.115. The van der Waals surface area contributed by atoms with Crippen molar-refractivity contribution in [1.29, 1.82) is 0 Å². The van der Waals surface area contributed by atoms with Gasteiger partial charge in [0.15, 0.2) is 5.65 Å². The van der Waals surface area contributed by atoms with Crippen LogP contribution in [0.5, 0.6) is 5.88 Å². The van der Waals surface area contributed by atoms with Crippen LogP contribution in [0.2, 0.25) is 0 Å². The van der Waals surface area contributed by atoms with E-state index in [0.29, 0.717) is 11.0 Å². The molecule has 9 nitrogen and oxygen atoms in total. The monoisotopic (exact) mass is 352 g/mol. The molecule has 2 aromatic heterocycles. The second kappa shape index (κ2) is 6.30. The Bertz CT molecular complexity index is 848. The second-order valence-corrected chi connectivity index (χ2v) is 6.22. The van der Waals surface area contributed by atoms with Gasteiger partial charge in [-0.15, -0.1) is 6.58 Å². The third-order valence-electron chi connectivity index (χ3n) is 4.02. The van der Waals surface area contributed by atoms with Gasteiger partial charge in [0.05, 0.1) is 25.7 Å². The molecule has 3 rings (SSSR count). The fourth-order valence-electron chi connectivity index (χ4n) is 2.94. The van der Waals surface area contributed by atoms with Gasteiger partial charge >= 0.3 is 4.87 Å². The minimum absolute atomic E-state index is 0.0643. The quantitative estimate of drug-likeness (QED) is 0.566. The Morgan fingerprint density at radius 3 is 2.83 bits per heavy atom. The number of carbonyl (C=O) groups excluding carboxylic acids is 1. The maximum atomic E-state index is 12.5. The minimum atomic E-state index is -0.914. The van der Waals surface area contributed by atoms with Crippen molar-refractivity contribution in [2.24, 2.45) is 11.8 Å². The van der Waals surface area contributed by atoms with Crippen LogP contribution in [0.4, 0.5) is 5.95 Å². The molecule has 0 unspecified atom stereocenters. The molecule has 1 aliphatic rings. The molecule has 4 atom stereocenters. The Kier molecular flexibility index (Phi) is 4.35. The van der Waals surface area contributed by atoms with Gasteiger partial charge in [0.2, 0.25) is 11.8 Å². The van der Waals surface area contributed by atoms with Crippen LogP contribution in [0.1, 0.15) is 6.23 Å². The molecule has 3 N–H and O–H groups in total. The van der Waals surface area contributed by atoms with E-state index in [4.69, 9.17) is 15.2 Å². The Morgan fingerprint density at radius 2 is 2.25 bits per heavy atom. The van der Waals surface area contributed by atoms with Crippen molar-refractivity contribution < 1.29 is 19.4 Å². The maximum absolute atomic E-state index is 12.5. The third kappa shape index (κ3) is 2.39. The molecule has 0 radical (unpaired) electrons. The van der Waals surface area contributed by atoms with Crippen molar-refractivity contribution in [3.8, 4) is 5.88 Å². The number of aliphatic hydroxyl groups excluding tert-OH is 1. The number of aldehydes is 1. The molecule has 0 amide bonds. The van der Waals surface area contributed by atoms with E-state index >= 15 is 0 Å². The molecule has 128 valence electrons. The summed E-state index contributed by atoms with van der Waals surface area (Å²) in [6.07, 6.45) is 0.696. The summed E-state index contributed by atoms with van der Waals surface area (Å²) in [4.78, 5) is 31.7. The summed E-state index contributed by atoms with van der Waals surface area (Å²) in [6.45, 7) is 3.38. The van der Waals surface area contributed by atoms with Gasteiger partial charge in [0.1, 0.15) is 17.2 Å². The SMILES string of the molecule is C=C[C@H]1[C@@H](C=O)[C@H](n2c(=O)sc3c(OC)nc(N)nc32)O[C@@H]1CO. The first-order chi connectivity index (χ1) is 11.5. The maximum Gasteiger partial charge on any atom is 0.311 e. The summed E-state index contributed by atoms with van der Waals surface area (Å²) >= 11 is 0.873. The molecule has 0 spiro atoms. The molecule has 1 fully saturated rings. The Labute approximate surface area is 140 Å². The van der Waals surface area contributed by atoms with E-state index in [2.05, 4.69) is 16.5 Å². The van der Waals surface area contributed by atoms with Gasteiger partial charge in [-0.2, -0.15) is 9.97 Å². The molecule has 1 saturated heterocycles. The normalized spacial score (nSPS) is 26.6. The van der Waals surface area contributed by atoms with Crippen LogP contribution in [-0.4, -0.2) is 45.7 Å². The number of nitrogens with zero attached hydrogens (tertiary/aromatic N) is 3. The average Bonchev–Trinajstić information content (AvgIpc) is 3.09. The smallest absolute Gasteiger partial charge is 0.311 e. The summed E-state index contributed by atoms with van der Waals surface area (Å²) in [6, 6.07) is 0. The molecule has 3 heterocycles. The molecule has 1 aliphatic heterocycles. The number of nitrogen functional groups attached to an aromatic ring is 1. The molecule has 0 aliphatic carbocycles. The van der Waals surface area contributed by atoms with Crippen molar-refractivity contribution in [3.63, 3.8) is 0 Å². The highest BCUT2D eigenvalue weighted by Gasteiger charge is 2.45. The average molecular weight is 352 g/mol. The van der Waals surface area contributed by atoms with E-state index < -0.39 is 24.2 Å². The van der Waals surface area contributed by atoms with Gasteiger partial charge < -0.3 is 25.1 Å². The Hall–Kier alpha value is -2.30. The van der Waals surface area contributed by atoms with Crippen LogP contribution in [0.25, 0.3) is 10.3 Å². The van der Waals surface area contributed by atoms with Crippen molar-refractivity contribution in [3.05, 3.63) is 22.3 Å². The number of carbonyl (C=O) groups is 1. The van der Waals surface area contributed by atoms with Crippen LogP contribution in [-0.2, 0) is 9.53 Å². The van der Waals surface area contributed by atoms with E-state index in [1.165, 1.54) is 11.7 Å². The number of methoxy groups -OCH3 is 1. The zero-order valence-corrected chi connectivity index (χ0v) is 13.6. The molecule has 0 saturated carbocycles. The summed E-state index contributed by atoms with van der Waals surface area (Å²) in [5.41, 5.74) is 5.90. The molecule has 10 heteroatoms. The fraction of sp³-hybridized carbons (Fsp3) is 0.429. The second-order valence-electron chi connectivity index (χ2n) is 5.26. The van der Waals surface area contributed by atoms with Gasteiger partial charge in [-0.1, -0.05) is 17.4 Å². The largest absolute Gasteiger partial charge is 0.480 e. The summed E-state index contributed by atoms with van der Waals surface area (Å²) in [7, 11) is 1.41. The van der Waals surface area contributed by atoms with Crippen molar-refractivity contribution >= 4 is 33.9 Å². The number of nitrogens with two attached hydrogens (primary N) is 1. The minimum Gasteiger partial charge on any atom is -0.480 e. The molecule has 0 bridgehead atoms. The molecule has 2 aromatic rings. The van der Waals surface area contributed by atoms with Gasteiger partial charge in [-0.25, -0.2) is 0 Å². The number of anilines is 1. The number of thiazole rings is 1. The number of rotatable bonds is 5. The van der Waals surface area contributed by atoms with Crippen molar-refractivity contribution in [2.75, 3.05) is 19.5 Å². The molecular weight excluding hydrogens is 336 g/mol. The lowest BCUT2D eigenvalue weighted by atomic mass is 9.90. The zero-order chi connectivity index (χ0) is 17.4. The van der Waals surface area contributed by atoms with Crippen molar-refractivity contribution in [1.82, 2.24) is 14.5 Å². The zero-order valence-electron chi connectivity index (χ0n) is 12.8. The predicted octanol–water partition coefficient (Wildman–Crippen LogP) is -0.0492. The summed E-state index contributed by atoms with van der Waals surface area (Å²) in [5.74, 6) is -0.985. The highest BCUT2D eigenvalue weighted by atomic mass is 32.1. The van der Waals surface area contributed by atoms with E-state index in [9.17, 15) is 14.7 Å². The van der Waals surface area contributed by atoms with Gasteiger partial charge in [-0.05, 0) is 0 Å². The first-order valence-corrected chi connectivity index (χ1v) is 7.94. The van der Waals surface area contributed by atoms with E-state index in [1.54, 1.807) is 6.08 Å². The Morgan fingerprint density at radius 1 is 1.50 bits per heavy atom. The number of hydrogen-bond acceptors (Lipinski definition) is 9. The number of fused-ring (bicyclic) bond motifs is 1. The van der Waals surface area contributed by atoms with Crippen LogP contribution >= 0.6 is 11.3 Å². The predicted molar refractivity (Wildman–Crippen MR) is 86.9 cm³/mol. The van der Waals surface area contributed by atoms with Crippen LogP contribution in [0.15, 0.2) is 17.4 Å². The topological polar surface area (TPSA) is 130 Å². The van der Waals surface area contributed by atoms with Crippen LogP contribution < -0.4 is 15.3 Å². The molecule has 24 heavy (non-hydrogen) atoms. The van der Waals surface area contributed by atoms with Crippen LogP contribution in [0, 0.1) is 11.8 Å². The van der Waals surface area contributed by atoms with E-state index in [-0.39, 0.29) is 29.0 Å². The van der Waals surface area contributed by atoms with E-state index in [0.717, 1.165) is 11.3 Å².